The summed E-state index contributed by atoms with van der Waals surface area (Å²) in [6.07, 6.45) is 0. The third-order valence-electron chi connectivity index (χ3n) is 3.03. The molecule has 2 rings (SSSR count). The second kappa shape index (κ2) is 6.85. The van der Waals surface area contributed by atoms with Crippen LogP contribution in [-0.4, -0.2) is 30.6 Å². The van der Waals surface area contributed by atoms with Gasteiger partial charge >= 0.3 is 0 Å². The Bertz CT molecular complexity index is 665. The molecule has 1 atom stereocenters. The van der Waals surface area contributed by atoms with Gasteiger partial charge in [-0.05, 0) is 24.6 Å². The SMILES string of the molecule is COC[C@H](C)NC(=O)c1ccc(-c2ccccc2)[nH]c1=O. The molecule has 0 aliphatic carbocycles. The summed E-state index contributed by atoms with van der Waals surface area (Å²) in [5, 5.41) is 2.71. The van der Waals surface area contributed by atoms with Crippen LogP contribution < -0.4 is 10.9 Å². The van der Waals surface area contributed by atoms with Crippen LogP contribution in [0, 0.1) is 0 Å². The van der Waals surface area contributed by atoms with Gasteiger partial charge in [0.2, 0.25) is 0 Å². The second-order valence-corrected chi connectivity index (χ2v) is 4.81. The molecule has 0 aliphatic rings. The lowest BCUT2D eigenvalue weighted by Gasteiger charge is -2.12. The molecular weight excluding hydrogens is 268 g/mol. The number of carbonyl (C=O) groups is 1. The van der Waals surface area contributed by atoms with Crippen molar-refractivity contribution >= 4 is 5.91 Å². The van der Waals surface area contributed by atoms with Crippen molar-refractivity contribution in [2.24, 2.45) is 0 Å². The van der Waals surface area contributed by atoms with Gasteiger partial charge in [0.15, 0.2) is 0 Å². The molecule has 0 spiro atoms. The first-order valence-corrected chi connectivity index (χ1v) is 6.70. The summed E-state index contributed by atoms with van der Waals surface area (Å²) < 4.78 is 4.95. The van der Waals surface area contributed by atoms with E-state index in [0.717, 1.165) is 5.56 Å². The third kappa shape index (κ3) is 3.79. The van der Waals surface area contributed by atoms with E-state index < -0.39 is 11.5 Å². The van der Waals surface area contributed by atoms with E-state index in [-0.39, 0.29) is 11.6 Å². The molecule has 2 N–H and O–H groups in total. The van der Waals surface area contributed by atoms with Gasteiger partial charge < -0.3 is 15.0 Å². The Balaban J connectivity index is 2.20. The Hall–Kier alpha value is -2.40. The van der Waals surface area contributed by atoms with Gasteiger partial charge in [0.25, 0.3) is 11.5 Å². The number of H-pyrrole nitrogens is 1. The number of carbonyl (C=O) groups excluding carboxylic acids is 1. The maximum Gasteiger partial charge on any atom is 0.261 e. The predicted octanol–water partition coefficient (Wildman–Crippen LogP) is 1.81. The van der Waals surface area contributed by atoms with Crippen molar-refractivity contribution in [2.75, 3.05) is 13.7 Å². The topological polar surface area (TPSA) is 71.2 Å². The van der Waals surface area contributed by atoms with Gasteiger partial charge in [0, 0.05) is 18.8 Å². The molecule has 0 saturated carbocycles. The van der Waals surface area contributed by atoms with E-state index in [1.165, 1.54) is 6.07 Å². The first kappa shape index (κ1) is 15.0. The number of ether oxygens (including phenoxy) is 1. The quantitative estimate of drug-likeness (QED) is 0.880. The molecule has 0 radical (unpaired) electrons. The standard InChI is InChI=1S/C16H18N2O3/c1-11(10-21-2)17-15(19)13-8-9-14(18-16(13)20)12-6-4-3-5-7-12/h3-9,11H,10H2,1-2H3,(H,17,19)(H,18,20)/t11-/m0/s1. The number of hydrogen-bond donors (Lipinski definition) is 2. The molecule has 1 aromatic carbocycles. The van der Waals surface area contributed by atoms with Crippen LogP contribution in [0.3, 0.4) is 0 Å². The average Bonchev–Trinajstić information content (AvgIpc) is 2.48. The van der Waals surface area contributed by atoms with E-state index in [4.69, 9.17) is 4.74 Å². The van der Waals surface area contributed by atoms with Crippen LogP contribution in [0.25, 0.3) is 11.3 Å². The van der Waals surface area contributed by atoms with E-state index in [1.54, 1.807) is 13.2 Å². The van der Waals surface area contributed by atoms with Crippen LogP contribution in [0.15, 0.2) is 47.3 Å². The highest BCUT2D eigenvalue weighted by Gasteiger charge is 2.13. The Kier molecular flexibility index (Phi) is 4.90. The molecule has 0 bridgehead atoms. The number of rotatable bonds is 5. The van der Waals surface area contributed by atoms with Gasteiger partial charge in [0.1, 0.15) is 5.56 Å². The van der Waals surface area contributed by atoms with Gasteiger partial charge in [-0.2, -0.15) is 0 Å². The molecule has 110 valence electrons. The van der Waals surface area contributed by atoms with E-state index in [0.29, 0.717) is 12.3 Å². The van der Waals surface area contributed by atoms with E-state index in [9.17, 15) is 9.59 Å². The summed E-state index contributed by atoms with van der Waals surface area (Å²) >= 11 is 0. The Morgan fingerprint density at radius 2 is 1.95 bits per heavy atom. The van der Waals surface area contributed by atoms with E-state index >= 15 is 0 Å². The molecule has 5 nitrogen and oxygen atoms in total. The summed E-state index contributed by atoms with van der Waals surface area (Å²) in [6, 6.07) is 12.6. The summed E-state index contributed by atoms with van der Waals surface area (Å²) in [4.78, 5) is 26.8. The Morgan fingerprint density at radius 3 is 2.57 bits per heavy atom. The number of aromatic nitrogens is 1. The number of aromatic amines is 1. The van der Waals surface area contributed by atoms with Gasteiger partial charge in [-0.1, -0.05) is 30.3 Å². The predicted molar refractivity (Wildman–Crippen MR) is 81.3 cm³/mol. The van der Waals surface area contributed by atoms with Crippen molar-refractivity contribution in [3.63, 3.8) is 0 Å². The van der Waals surface area contributed by atoms with Gasteiger partial charge in [-0.25, -0.2) is 0 Å². The number of nitrogens with one attached hydrogen (secondary N) is 2. The number of hydrogen-bond acceptors (Lipinski definition) is 3. The van der Waals surface area contributed by atoms with Crippen LogP contribution in [0.1, 0.15) is 17.3 Å². The monoisotopic (exact) mass is 286 g/mol. The zero-order valence-electron chi connectivity index (χ0n) is 12.1. The fourth-order valence-corrected chi connectivity index (χ4v) is 2.03. The lowest BCUT2D eigenvalue weighted by atomic mass is 10.1. The summed E-state index contributed by atoms with van der Waals surface area (Å²) in [5.74, 6) is -0.402. The third-order valence-corrected chi connectivity index (χ3v) is 3.03. The Labute approximate surface area is 123 Å². The second-order valence-electron chi connectivity index (χ2n) is 4.81. The molecule has 5 heteroatoms. The van der Waals surface area contributed by atoms with Crippen LogP contribution >= 0.6 is 0 Å². The zero-order valence-corrected chi connectivity index (χ0v) is 12.1. The van der Waals surface area contributed by atoms with Gasteiger partial charge in [0.05, 0.1) is 6.61 Å². The number of amides is 1. The molecule has 0 aliphatic heterocycles. The van der Waals surface area contributed by atoms with E-state index in [1.807, 2.05) is 37.3 Å². The zero-order chi connectivity index (χ0) is 15.2. The fraction of sp³-hybridized carbons (Fsp3) is 0.250. The summed E-state index contributed by atoms with van der Waals surface area (Å²) in [6.45, 7) is 2.21. The molecule has 21 heavy (non-hydrogen) atoms. The molecule has 0 saturated heterocycles. The highest BCUT2D eigenvalue weighted by atomic mass is 16.5. The van der Waals surface area contributed by atoms with Crippen molar-refractivity contribution < 1.29 is 9.53 Å². The molecule has 1 heterocycles. The normalized spacial score (nSPS) is 11.9. The fourth-order valence-electron chi connectivity index (χ4n) is 2.03. The molecule has 0 fully saturated rings. The minimum absolute atomic E-state index is 0.0950. The molecule has 2 aromatic rings. The maximum atomic E-state index is 12.0. The first-order valence-electron chi connectivity index (χ1n) is 6.70. The number of pyridine rings is 1. The highest BCUT2D eigenvalue weighted by Crippen LogP contribution is 2.14. The average molecular weight is 286 g/mol. The maximum absolute atomic E-state index is 12.0. The minimum Gasteiger partial charge on any atom is -0.383 e. The van der Waals surface area contributed by atoms with Gasteiger partial charge in [-0.15, -0.1) is 0 Å². The largest absolute Gasteiger partial charge is 0.383 e. The van der Waals surface area contributed by atoms with E-state index in [2.05, 4.69) is 10.3 Å². The number of methoxy groups -OCH3 is 1. The van der Waals surface area contributed by atoms with Crippen LogP contribution in [0.2, 0.25) is 0 Å². The summed E-state index contributed by atoms with van der Waals surface area (Å²) in [7, 11) is 1.56. The van der Waals surface area contributed by atoms with Crippen molar-refractivity contribution in [1.29, 1.82) is 0 Å². The van der Waals surface area contributed by atoms with Crippen molar-refractivity contribution in [3.05, 3.63) is 58.4 Å². The molecular formula is C16H18N2O3. The van der Waals surface area contributed by atoms with Crippen LogP contribution in [-0.2, 0) is 4.74 Å². The summed E-state index contributed by atoms with van der Waals surface area (Å²) in [5.41, 5.74) is 1.27. The van der Waals surface area contributed by atoms with Crippen LogP contribution in [0.4, 0.5) is 0 Å². The minimum atomic E-state index is -0.404. The van der Waals surface area contributed by atoms with Crippen molar-refractivity contribution in [1.82, 2.24) is 10.3 Å². The first-order chi connectivity index (χ1) is 10.1. The lowest BCUT2D eigenvalue weighted by molar-refractivity contribution is 0.0904. The molecule has 0 unspecified atom stereocenters. The highest BCUT2D eigenvalue weighted by molar-refractivity contribution is 5.94. The van der Waals surface area contributed by atoms with Crippen molar-refractivity contribution in [2.45, 2.75) is 13.0 Å². The smallest absolute Gasteiger partial charge is 0.261 e. The molecule has 1 amide bonds. The molecule has 1 aromatic heterocycles. The number of benzene rings is 1. The van der Waals surface area contributed by atoms with Gasteiger partial charge in [-0.3, -0.25) is 9.59 Å². The van der Waals surface area contributed by atoms with Crippen molar-refractivity contribution in [3.8, 4) is 11.3 Å². The van der Waals surface area contributed by atoms with Crippen LogP contribution in [0.5, 0.6) is 0 Å². The Morgan fingerprint density at radius 1 is 1.24 bits per heavy atom. The lowest BCUT2D eigenvalue weighted by Crippen LogP contribution is -2.38.